The van der Waals surface area contributed by atoms with Crippen molar-refractivity contribution < 1.29 is 19.1 Å². The Labute approximate surface area is 195 Å². The van der Waals surface area contributed by atoms with E-state index in [-0.39, 0.29) is 12.5 Å². The highest BCUT2D eigenvalue weighted by atomic mass is 32.2. The minimum Gasteiger partial charge on any atom is -0.484 e. The first-order valence-corrected chi connectivity index (χ1v) is 12.6. The number of H-pyrrole nitrogens is 1. The lowest BCUT2D eigenvalue weighted by atomic mass is 10.0. The Morgan fingerprint density at radius 1 is 1.12 bits per heavy atom. The molecule has 1 aromatic heterocycles. The minimum atomic E-state index is -0.793. The number of fused-ring (bicyclic) bond motifs is 1. The van der Waals surface area contributed by atoms with Crippen LogP contribution in [-0.4, -0.2) is 48.1 Å². The number of carbonyl (C=O) groups excluding carboxylic acids is 2. The third-order valence-electron chi connectivity index (χ3n) is 5.27. The summed E-state index contributed by atoms with van der Waals surface area (Å²) < 4.78 is 11.0. The number of methoxy groups -OCH3 is 1. The maximum atomic E-state index is 12.5. The molecule has 1 amide bonds. The molecular weight excluding hydrogens is 444 g/mol. The van der Waals surface area contributed by atoms with Gasteiger partial charge in [-0.15, -0.1) is 23.5 Å². The van der Waals surface area contributed by atoms with Gasteiger partial charge in [0, 0.05) is 23.5 Å². The van der Waals surface area contributed by atoms with Crippen molar-refractivity contribution >= 4 is 46.3 Å². The van der Waals surface area contributed by atoms with E-state index in [0.717, 1.165) is 16.5 Å². The standard InChI is InChI=1S/C24H26N2O4S2/c1-29-23(28)21(13-17-14-25-20-6-3-2-5-19(17)20)26-22(27)15-30-18-9-7-16(8-10-18)24-31-11-4-12-32-24/h2-3,5-10,14,21,24-25H,4,11-13,15H2,1H3,(H,26,27)/t21-/m0/s1. The van der Waals surface area contributed by atoms with Crippen LogP contribution in [0.25, 0.3) is 10.9 Å². The molecule has 0 unspecified atom stereocenters. The highest BCUT2D eigenvalue weighted by Gasteiger charge is 2.23. The number of aromatic amines is 1. The van der Waals surface area contributed by atoms with E-state index in [1.165, 1.54) is 30.6 Å². The van der Waals surface area contributed by atoms with Gasteiger partial charge in [0.15, 0.2) is 6.61 Å². The van der Waals surface area contributed by atoms with E-state index in [4.69, 9.17) is 9.47 Å². The number of benzene rings is 2. The SMILES string of the molecule is COC(=O)[C@H](Cc1c[nH]c2ccccc12)NC(=O)COc1ccc(C2SCCCS2)cc1. The van der Waals surface area contributed by atoms with Gasteiger partial charge in [-0.3, -0.25) is 4.79 Å². The zero-order valence-corrected chi connectivity index (χ0v) is 19.5. The van der Waals surface area contributed by atoms with Crippen molar-refractivity contribution in [1.82, 2.24) is 10.3 Å². The summed E-state index contributed by atoms with van der Waals surface area (Å²) in [4.78, 5) is 28.0. The first kappa shape index (κ1) is 22.6. The highest BCUT2D eigenvalue weighted by molar-refractivity contribution is 8.16. The highest BCUT2D eigenvalue weighted by Crippen LogP contribution is 2.43. The van der Waals surface area contributed by atoms with Crippen molar-refractivity contribution in [2.75, 3.05) is 25.2 Å². The van der Waals surface area contributed by atoms with Gasteiger partial charge in [-0.25, -0.2) is 4.79 Å². The average molecular weight is 471 g/mol. The summed E-state index contributed by atoms with van der Waals surface area (Å²) in [5.74, 6) is 2.14. The number of ether oxygens (including phenoxy) is 2. The molecule has 1 atom stereocenters. The number of esters is 1. The fraction of sp³-hybridized carbons (Fsp3) is 0.333. The smallest absolute Gasteiger partial charge is 0.328 e. The van der Waals surface area contributed by atoms with E-state index in [0.29, 0.717) is 16.8 Å². The number of hydrogen-bond acceptors (Lipinski definition) is 6. The van der Waals surface area contributed by atoms with E-state index >= 15 is 0 Å². The van der Waals surface area contributed by atoms with Gasteiger partial charge >= 0.3 is 5.97 Å². The number of amides is 1. The van der Waals surface area contributed by atoms with Gasteiger partial charge < -0.3 is 19.8 Å². The van der Waals surface area contributed by atoms with Crippen LogP contribution < -0.4 is 10.1 Å². The summed E-state index contributed by atoms with van der Waals surface area (Å²) in [6.07, 6.45) is 3.44. The normalized spacial score (nSPS) is 15.3. The Balaban J connectivity index is 1.33. The van der Waals surface area contributed by atoms with Gasteiger partial charge in [0.25, 0.3) is 5.91 Å². The summed E-state index contributed by atoms with van der Waals surface area (Å²) in [6.45, 7) is -0.173. The molecule has 0 saturated carbocycles. The van der Waals surface area contributed by atoms with Crippen LogP contribution in [0.2, 0.25) is 0 Å². The molecule has 3 aromatic rings. The predicted molar refractivity (Wildman–Crippen MR) is 130 cm³/mol. The second-order valence-electron chi connectivity index (χ2n) is 7.49. The predicted octanol–water partition coefficient (Wildman–Crippen LogP) is 4.32. The van der Waals surface area contributed by atoms with Gasteiger partial charge in [0.05, 0.1) is 11.7 Å². The lowest BCUT2D eigenvalue weighted by Crippen LogP contribution is -2.44. The van der Waals surface area contributed by atoms with Gasteiger partial charge in [0.1, 0.15) is 11.8 Å². The molecule has 0 spiro atoms. The van der Waals surface area contributed by atoms with Crippen LogP contribution in [0.3, 0.4) is 0 Å². The first-order valence-electron chi connectivity index (χ1n) is 10.5. The fourth-order valence-electron chi connectivity index (χ4n) is 3.64. The van der Waals surface area contributed by atoms with Crippen molar-refractivity contribution in [1.29, 1.82) is 0 Å². The van der Waals surface area contributed by atoms with Gasteiger partial charge in [-0.05, 0) is 47.3 Å². The van der Waals surface area contributed by atoms with Crippen LogP contribution >= 0.6 is 23.5 Å². The van der Waals surface area contributed by atoms with E-state index < -0.39 is 12.0 Å². The molecule has 0 bridgehead atoms. The average Bonchev–Trinajstić information content (AvgIpc) is 3.25. The molecule has 2 heterocycles. The van der Waals surface area contributed by atoms with Crippen molar-refractivity contribution in [2.45, 2.75) is 23.5 Å². The van der Waals surface area contributed by atoms with E-state index in [1.807, 2.05) is 66.1 Å². The van der Waals surface area contributed by atoms with E-state index in [2.05, 4.69) is 22.4 Å². The molecule has 1 fully saturated rings. The Morgan fingerprint density at radius 3 is 2.62 bits per heavy atom. The molecule has 1 aliphatic rings. The molecule has 168 valence electrons. The summed E-state index contributed by atoms with van der Waals surface area (Å²) in [5.41, 5.74) is 3.18. The first-order chi connectivity index (χ1) is 15.6. The quantitative estimate of drug-likeness (QED) is 0.478. The van der Waals surface area contributed by atoms with Crippen molar-refractivity contribution in [3.8, 4) is 5.75 Å². The lowest BCUT2D eigenvalue weighted by Gasteiger charge is -2.21. The Morgan fingerprint density at radius 2 is 1.88 bits per heavy atom. The molecule has 0 aliphatic carbocycles. The zero-order valence-electron chi connectivity index (χ0n) is 17.8. The van der Waals surface area contributed by atoms with Crippen molar-refractivity contribution in [3.63, 3.8) is 0 Å². The largest absolute Gasteiger partial charge is 0.484 e. The van der Waals surface area contributed by atoms with Crippen LogP contribution in [0.5, 0.6) is 5.75 Å². The molecule has 2 aromatic carbocycles. The molecule has 6 nitrogen and oxygen atoms in total. The van der Waals surface area contributed by atoms with Gasteiger partial charge in [0.2, 0.25) is 0 Å². The van der Waals surface area contributed by atoms with Crippen molar-refractivity contribution in [2.24, 2.45) is 0 Å². The van der Waals surface area contributed by atoms with E-state index in [9.17, 15) is 9.59 Å². The maximum Gasteiger partial charge on any atom is 0.328 e. The zero-order chi connectivity index (χ0) is 22.3. The van der Waals surface area contributed by atoms with Gasteiger partial charge in [-0.1, -0.05) is 30.3 Å². The van der Waals surface area contributed by atoms with Crippen LogP contribution in [0.1, 0.15) is 22.1 Å². The number of aromatic nitrogens is 1. The maximum absolute atomic E-state index is 12.5. The molecule has 4 rings (SSSR count). The molecule has 32 heavy (non-hydrogen) atoms. The van der Waals surface area contributed by atoms with Crippen LogP contribution in [0, 0.1) is 0 Å². The number of para-hydroxylation sites is 1. The fourth-order valence-corrected chi connectivity index (χ4v) is 6.54. The number of rotatable bonds is 8. The summed E-state index contributed by atoms with van der Waals surface area (Å²) >= 11 is 3.93. The van der Waals surface area contributed by atoms with Crippen molar-refractivity contribution in [3.05, 3.63) is 65.9 Å². The molecule has 1 saturated heterocycles. The molecule has 2 N–H and O–H groups in total. The monoisotopic (exact) mass is 470 g/mol. The number of thioether (sulfide) groups is 2. The number of carbonyl (C=O) groups is 2. The Hall–Kier alpha value is -2.58. The number of hydrogen-bond donors (Lipinski definition) is 2. The minimum absolute atomic E-state index is 0.173. The second-order valence-corrected chi connectivity index (χ2v) is 10.2. The van der Waals surface area contributed by atoms with E-state index in [1.54, 1.807) is 0 Å². The van der Waals surface area contributed by atoms with Crippen LogP contribution in [0.15, 0.2) is 54.7 Å². The third-order valence-corrected chi connectivity index (χ3v) is 8.28. The second kappa shape index (κ2) is 10.8. The molecule has 0 radical (unpaired) electrons. The summed E-state index contributed by atoms with van der Waals surface area (Å²) in [7, 11) is 1.32. The summed E-state index contributed by atoms with van der Waals surface area (Å²) in [5, 5.41) is 3.76. The molecule has 8 heteroatoms. The lowest BCUT2D eigenvalue weighted by molar-refractivity contribution is -0.145. The topological polar surface area (TPSA) is 80.4 Å². The summed E-state index contributed by atoms with van der Waals surface area (Å²) in [6, 6.07) is 14.9. The Kier molecular flexibility index (Phi) is 7.65. The Bertz CT molecular complexity index is 1060. The molecule has 1 aliphatic heterocycles. The molecular formula is C24H26N2O4S2. The van der Waals surface area contributed by atoms with Crippen LogP contribution in [-0.2, 0) is 20.7 Å². The number of nitrogens with one attached hydrogen (secondary N) is 2. The third kappa shape index (κ3) is 5.61. The van der Waals surface area contributed by atoms with Gasteiger partial charge in [-0.2, -0.15) is 0 Å². The van der Waals surface area contributed by atoms with Crippen LogP contribution in [0.4, 0.5) is 0 Å².